The van der Waals surface area contributed by atoms with Gasteiger partial charge < -0.3 is 9.88 Å². The minimum Gasteiger partial charge on any atom is -0.325 e. The molecule has 0 unspecified atom stereocenters. The second kappa shape index (κ2) is 9.43. The van der Waals surface area contributed by atoms with E-state index in [0.29, 0.717) is 16.7 Å². The van der Waals surface area contributed by atoms with Crippen LogP contribution in [0.25, 0.3) is 0 Å². The molecule has 0 aliphatic carbocycles. The molecule has 0 saturated heterocycles. The molecule has 31 heavy (non-hydrogen) atoms. The van der Waals surface area contributed by atoms with E-state index in [4.69, 9.17) is 0 Å². The Morgan fingerprint density at radius 3 is 2.48 bits per heavy atom. The minimum absolute atomic E-state index is 0.00373. The number of hydrogen-bond acceptors (Lipinski definition) is 6. The highest BCUT2D eigenvalue weighted by molar-refractivity contribution is 7.99. The molecule has 3 aromatic rings. The first-order valence-electron chi connectivity index (χ1n) is 8.93. The Kier molecular flexibility index (Phi) is 6.91. The van der Waals surface area contributed by atoms with Crippen molar-refractivity contribution in [2.45, 2.75) is 11.7 Å². The van der Waals surface area contributed by atoms with E-state index in [1.54, 1.807) is 17.7 Å². The molecule has 2 aromatic carbocycles. The molecule has 0 aliphatic heterocycles. The first-order valence-corrected chi connectivity index (χ1v) is 11.8. The van der Waals surface area contributed by atoms with Crippen molar-refractivity contribution >= 4 is 39.1 Å². The highest BCUT2D eigenvalue weighted by atomic mass is 32.2. The van der Waals surface area contributed by atoms with Gasteiger partial charge in [0.2, 0.25) is 15.9 Å². The number of sulfonamides is 1. The van der Waals surface area contributed by atoms with Gasteiger partial charge in [0, 0.05) is 12.7 Å². The number of carbonyl (C=O) groups is 1. The van der Waals surface area contributed by atoms with Crippen molar-refractivity contribution in [1.82, 2.24) is 14.8 Å². The Hall–Kier alpha value is -2.99. The Balaban J connectivity index is 1.68. The summed E-state index contributed by atoms with van der Waals surface area (Å²) in [5, 5.41) is 11.0. The molecular weight excluding hydrogens is 448 g/mol. The molecule has 0 radical (unpaired) electrons. The number of hydrogen-bond donors (Lipinski definition) is 1. The Morgan fingerprint density at radius 2 is 1.84 bits per heavy atom. The number of thioether (sulfide) groups is 1. The van der Waals surface area contributed by atoms with Gasteiger partial charge in [-0.25, -0.2) is 17.2 Å². The quantitative estimate of drug-likeness (QED) is 0.512. The van der Waals surface area contributed by atoms with Crippen LogP contribution in [0.15, 0.2) is 53.7 Å². The molecule has 0 bridgehead atoms. The zero-order valence-corrected chi connectivity index (χ0v) is 18.3. The van der Waals surface area contributed by atoms with Gasteiger partial charge in [0.1, 0.15) is 11.6 Å². The maximum absolute atomic E-state index is 13.2. The van der Waals surface area contributed by atoms with Crippen LogP contribution in [0.4, 0.5) is 20.2 Å². The molecule has 0 atom stereocenters. The van der Waals surface area contributed by atoms with Gasteiger partial charge in [-0.15, -0.1) is 10.2 Å². The number of anilines is 2. The van der Waals surface area contributed by atoms with Crippen LogP contribution in [0, 0.1) is 11.6 Å². The number of halogens is 2. The fraction of sp³-hybridized carbons (Fsp3) is 0.211. The predicted molar refractivity (Wildman–Crippen MR) is 114 cm³/mol. The smallest absolute Gasteiger partial charge is 0.234 e. The van der Waals surface area contributed by atoms with Crippen molar-refractivity contribution in [1.29, 1.82) is 0 Å². The van der Waals surface area contributed by atoms with Crippen molar-refractivity contribution < 1.29 is 22.0 Å². The van der Waals surface area contributed by atoms with E-state index < -0.39 is 21.7 Å². The standard InChI is InChI=1S/C19H19F2N5O3S2/c1-25-17(11-26(31(2,28)29)16-8-6-13(20)7-9-16)23-24-19(25)30-12-18(27)22-15-5-3-4-14(21)10-15/h3-10H,11-12H2,1-2H3,(H,22,27). The van der Waals surface area contributed by atoms with E-state index in [1.165, 1.54) is 42.5 Å². The van der Waals surface area contributed by atoms with E-state index >= 15 is 0 Å². The third kappa shape index (κ3) is 6.01. The molecule has 0 fully saturated rings. The molecule has 3 rings (SSSR count). The van der Waals surface area contributed by atoms with Gasteiger partial charge in [0.25, 0.3) is 0 Å². The number of carbonyl (C=O) groups excluding carboxylic acids is 1. The Bertz CT molecular complexity index is 1180. The Labute approximate surface area is 182 Å². The topological polar surface area (TPSA) is 97.2 Å². The third-order valence-electron chi connectivity index (χ3n) is 4.17. The molecule has 0 aliphatic rings. The number of nitrogens with zero attached hydrogens (tertiary/aromatic N) is 4. The number of amides is 1. The first-order chi connectivity index (χ1) is 14.6. The highest BCUT2D eigenvalue weighted by Gasteiger charge is 2.22. The summed E-state index contributed by atoms with van der Waals surface area (Å²) >= 11 is 1.10. The summed E-state index contributed by atoms with van der Waals surface area (Å²) in [5.74, 6) is -0.964. The van der Waals surface area contributed by atoms with Crippen molar-refractivity contribution in [3.63, 3.8) is 0 Å². The SMILES string of the molecule is Cn1c(CN(c2ccc(F)cc2)S(C)(=O)=O)nnc1SCC(=O)Nc1cccc(F)c1. The van der Waals surface area contributed by atoms with Crippen molar-refractivity contribution in [2.75, 3.05) is 21.6 Å². The van der Waals surface area contributed by atoms with Crippen LogP contribution in [0.1, 0.15) is 5.82 Å². The van der Waals surface area contributed by atoms with Gasteiger partial charge in [-0.05, 0) is 42.5 Å². The van der Waals surface area contributed by atoms with Gasteiger partial charge in [-0.3, -0.25) is 9.10 Å². The van der Waals surface area contributed by atoms with Crippen molar-refractivity contribution in [3.8, 4) is 0 Å². The molecule has 1 amide bonds. The fourth-order valence-electron chi connectivity index (χ4n) is 2.64. The maximum Gasteiger partial charge on any atom is 0.234 e. The summed E-state index contributed by atoms with van der Waals surface area (Å²) in [5.41, 5.74) is 0.628. The van der Waals surface area contributed by atoms with Crippen molar-refractivity contribution in [2.24, 2.45) is 7.05 Å². The average molecular weight is 468 g/mol. The van der Waals surface area contributed by atoms with Gasteiger partial charge in [0.15, 0.2) is 11.0 Å². The number of aromatic nitrogens is 3. The molecule has 0 saturated carbocycles. The molecular formula is C19H19F2N5O3S2. The summed E-state index contributed by atoms with van der Waals surface area (Å²) in [6, 6.07) is 10.6. The van der Waals surface area contributed by atoms with Crippen LogP contribution in [-0.4, -0.2) is 41.1 Å². The zero-order valence-electron chi connectivity index (χ0n) is 16.6. The second-order valence-electron chi connectivity index (χ2n) is 6.55. The normalized spacial score (nSPS) is 11.4. The highest BCUT2D eigenvalue weighted by Crippen LogP contribution is 2.22. The summed E-state index contributed by atoms with van der Waals surface area (Å²) in [6.07, 6.45) is 1.04. The van der Waals surface area contributed by atoms with E-state index in [0.717, 1.165) is 22.3 Å². The van der Waals surface area contributed by atoms with Crippen LogP contribution < -0.4 is 9.62 Å². The van der Waals surface area contributed by atoms with E-state index in [9.17, 15) is 22.0 Å². The summed E-state index contributed by atoms with van der Waals surface area (Å²) in [4.78, 5) is 12.1. The van der Waals surface area contributed by atoms with Crippen LogP contribution in [0.5, 0.6) is 0 Å². The largest absolute Gasteiger partial charge is 0.325 e. The lowest BCUT2D eigenvalue weighted by Gasteiger charge is -2.21. The Morgan fingerprint density at radius 1 is 1.13 bits per heavy atom. The average Bonchev–Trinajstić information content (AvgIpc) is 3.04. The number of benzene rings is 2. The monoisotopic (exact) mass is 467 g/mol. The molecule has 12 heteroatoms. The molecule has 164 valence electrons. The summed E-state index contributed by atoms with van der Waals surface area (Å²) < 4.78 is 53.6. The first kappa shape index (κ1) is 22.7. The van der Waals surface area contributed by atoms with Crippen LogP contribution in [0.3, 0.4) is 0 Å². The number of nitrogens with one attached hydrogen (secondary N) is 1. The van der Waals surface area contributed by atoms with Crippen LogP contribution >= 0.6 is 11.8 Å². The van der Waals surface area contributed by atoms with Gasteiger partial charge in [-0.1, -0.05) is 17.8 Å². The van der Waals surface area contributed by atoms with E-state index in [1.807, 2.05) is 0 Å². The summed E-state index contributed by atoms with van der Waals surface area (Å²) in [7, 11) is -2.03. The van der Waals surface area contributed by atoms with Crippen LogP contribution in [0.2, 0.25) is 0 Å². The second-order valence-corrected chi connectivity index (χ2v) is 9.40. The van der Waals surface area contributed by atoms with E-state index in [-0.39, 0.29) is 23.9 Å². The molecule has 1 aromatic heterocycles. The molecule has 1 heterocycles. The lowest BCUT2D eigenvalue weighted by molar-refractivity contribution is -0.113. The van der Waals surface area contributed by atoms with Crippen LogP contribution in [-0.2, 0) is 28.4 Å². The van der Waals surface area contributed by atoms with Gasteiger partial charge in [0.05, 0.1) is 24.2 Å². The third-order valence-corrected chi connectivity index (χ3v) is 6.33. The van der Waals surface area contributed by atoms with Crippen molar-refractivity contribution in [3.05, 3.63) is 66.0 Å². The maximum atomic E-state index is 13.2. The molecule has 0 spiro atoms. The fourth-order valence-corrected chi connectivity index (χ4v) is 4.22. The zero-order chi connectivity index (χ0) is 22.6. The van der Waals surface area contributed by atoms with E-state index in [2.05, 4.69) is 15.5 Å². The van der Waals surface area contributed by atoms with Gasteiger partial charge in [-0.2, -0.15) is 0 Å². The lowest BCUT2D eigenvalue weighted by atomic mass is 10.3. The lowest BCUT2D eigenvalue weighted by Crippen LogP contribution is -2.30. The predicted octanol–water partition coefficient (Wildman–Crippen LogP) is 2.79. The minimum atomic E-state index is -3.67. The number of rotatable bonds is 8. The molecule has 1 N–H and O–H groups in total. The molecule has 8 nitrogen and oxygen atoms in total. The summed E-state index contributed by atoms with van der Waals surface area (Å²) in [6.45, 7) is -0.121. The van der Waals surface area contributed by atoms with Gasteiger partial charge >= 0.3 is 0 Å².